The van der Waals surface area contributed by atoms with E-state index in [9.17, 15) is 13.5 Å². The lowest BCUT2D eigenvalue weighted by molar-refractivity contribution is 0.287. The molecule has 0 unspecified atom stereocenters. The summed E-state index contributed by atoms with van der Waals surface area (Å²) in [6.07, 6.45) is 3.36. The number of furan rings is 1. The average Bonchev–Trinajstić information content (AvgIpc) is 3.20. The lowest BCUT2D eigenvalue weighted by atomic mass is 9.85. The van der Waals surface area contributed by atoms with Gasteiger partial charge in [-0.1, -0.05) is 32.7 Å². The fourth-order valence-electron chi connectivity index (χ4n) is 2.29. The highest BCUT2D eigenvalue weighted by atomic mass is 32.2. The van der Waals surface area contributed by atoms with Crippen molar-refractivity contribution in [3.63, 3.8) is 0 Å². The van der Waals surface area contributed by atoms with Crippen molar-refractivity contribution in [2.24, 2.45) is 26.3 Å². The van der Waals surface area contributed by atoms with Crippen LogP contribution >= 0.6 is 23.3 Å². The normalized spacial score (nSPS) is 14.9. The lowest BCUT2D eigenvalue weighted by Crippen LogP contribution is -2.34. The zero-order valence-corrected chi connectivity index (χ0v) is 18.3. The summed E-state index contributed by atoms with van der Waals surface area (Å²) in [6, 6.07) is 3.25. The Kier molecular flexibility index (Phi) is 6.80. The first-order valence-corrected chi connectivity index (χ1v) is 11.7. The second-order valence-corrected chi connectivity index (χ2v) is 10.1. The molecule has 2 aromatic rings. The van der Waals surface area contributed by atoms with Gasteiger partial charge in [-0.2, -0.15) is 0 Å². The molecular weight excluding hydrogens is 422 g/mol. The lowest BCUT2D eigenvalue weighted by Gasteiger charge is -2.26. The summed E-state index contributed by atoms with van der Waals surface area (Å²) in [4.78, 5) is 8.80. The molecule has 28 heavy (non-hydrogen) atoms. The highest BCUT2D eigenvalue weighted by Gasteiger charge is 2.29. The highest BCUT2D eigenvalue weighted by molar-refractivity contribution is 7.97. The van der Waals surface area contributed by atoms with Crippen LogP contribution in [0.25, 0.3) is 0 Å². The van der Waals surface area contributed by atoms with Crippen LogP contribution in [0.1, 0.15) is 32.6 Å². The molecule has 0 spiro atoms. The van der Waals surface area contributed by atoms with Gasteiger partial charge in [-0.05, 0) is 17.5 Å². The van der Waals surface area contributed by atoms with Crippen LogP contribution in [0.2, 0.25) is 0 Å². The van der Waals surface area contributed by atoms with Crippen LogP contribution in [0.15, 0.2) is 42.4 Å². The molecule has 0 saturated carbocycles. The van der Waals surface area contributed by atoms with E-state index in [4.69, 9.17) is 15.3 Å². The SMILES string of the molecule is CSNC(=N[C@@H](c1ccco1)C(C)(C)C)C(N)=Nc1csc(S(N)(=O)=O)c1O. The van der Waals surface area contributed by atoms with Crippen molar-refractivity contribution in [1.29, 1.82) is 0 Å². The molecule has 0 saturated heterocycles. The summed E-state index contributed by atoms with van der Waals surface area (Å²) in [5.41, 5.74) is 5.80. The summed E-state index contributed by atoms with van der Waals surface area (Å²) >= 11 is 2.02. The fourth-order valence-corrected chi connectivity index (χ4v) is 4.30. The Morgan fingerprint density at radius 2 is 2.11 bits per heavy atom. The molecule has 9 nitrogen and oxygen atoms in total. The number of aromatic hydroxyl groups is 1. The standard InChI is InChI=1S/C16H23N5O4S3/c1-16(2,3)12(10-6-5-7-25-10)20-14(21-26-4)13(17)19-9-8-27-15(11(9)22)28(18,23)24/h5-8,12,22H,1-4H3,(H2,17,19)(H,20,21)(H2,18,23,24)/t12-/m0/s1. The molecule has 154 valence electrons. The van der Waals surface area contributed by atoms with Gasteiger partial charge in [0.1, 0.15) is 17.5 Å². The van der Waals surface area contributed by atoms with E-state index in [1.807, 2.05) is 26.8 Å². The van der Waals surface area contributed by atoms with E-state index >= 15 is 0 Å². The maximum atomic E-state index is 11.5. The van der Waals surface area contributed by atoms with Gasteiger partial charge in [0.15, 0.2) is 21.6 Å². The number of amidine groups is 2. The summed E-state index contributed by atoms with van der Waals surface area (Å²) in [5, 5.41) is 16.5. The van der Waals surface area contributed by atoms with E-state index in [-0.39, 0.29) is 33.0 Å². The first-order chi connectivity index (χ1) is 12.9. The number of nitrogens with zero attached hydrogens (tertiary/aromatic N) is 2. The summed E-state index contributed by atoms with van der Waals surface area (Å²) < 4.78 is 31.1. The molecule has 0 aromatic carbocycles. The molecule has 0 aliphatic heterocycles. The van der Waals surface area contributed by atoms with Crippen LogP contribution in [0.5, 0.6) is 5.75 Å². The molecule has 1 atom stereocenters. The average molecular weight is 446 g/mol. The van der Waals surface area contributed by atoms with Gasteiger partial charge in [0, 0.05) is 11.6 Å². The van der Waals surface area contributed by atoms with Gasteiger partial charge in [0.05, 0.1) is 6.26 Å². The predicted octanol–water partition coefficient (Wildman–Crippen LogP) is 2.74. The number of hydrogen-bond donors (Lipinski definition) is 4. The smallest absolute Gasteiger partial charge is 0.251 e. The van der Waals surface area contributed by atoms with Crippen LogP contribution in [0.4, 0.5) is 5.69 Å². The largest absolute Gasteiger partial charge is 0.504 e. The van der Waals surface area contributed by atoms with Crippen LogP contribution in [0, 0.1) is 5.41 Å². The van der Waals surface area contributed by atoms with Crippen LogP contribution in [0.3, 0.4) is 0 Å². The molecule has 0 bridgehead atoms. The zero-order chi connectivity index (χ0) is 21.1. The third-order valence-corrected chi connectivity index (χ3v) is 6.39. The zero-order valence-electron chi connectivity index (χ0n) is 15.8. The molecule has 0 fully saturated rings. The van der Waals surface area contributed by atoms with Gasteiger partial charge in [-0.15, -0.1) is 11.3 Å². The maximum Gasteiger partial charge on any atom is 0.251 e. The Labute approximate surface area is 172 Å². The molecule has 2 heterocycles. The number of primary sulfonamides is 1. The van der Waals surface area contributed by atoms with Gasteiger partial charge >= 0.3 is 0 Å². The minimum Gasteiger partial charge on any atom is -0.504 e. The van der Waals surface area contributed by atoms with Crippen molar-refractivity contribution in [1.82, 2.24) is 4.72 Å². The van der Waals surface area contributed by atoms with E-state index in [1.165, 1.54) is 17.3 Å². The second kappa shape index (κ2) is 8.55. The Bertz CT molecular complexity index is 973. The van der Waals surface area contributed by atoms with E-state index in [1.54, 1.807) is 18.6 Å². The summed E-state index contributed by atoms with van der Waals surface area (Å²) in [6.45, 7) is 6.03. The van der Waals surface area contributed by atoms with Gasteiger partial charge in [0.25, 0.3) is 10.0 Å². The molecule has 2 aromatic heterocycles. The molecular formula is C16H23N5O4S3. The van der Waals surface area contributed by atoms with E-state index in [0.29, 0.717) is 5.76 Å². The fraction of sp³-hybridized carbons (Fsp3) is 0.375. The van der Waals surface area contributed by atoms with Crippen molar-refractivity contribution in [3.8, 4) is 5.75 Å². The van der Waals surface area contributed by atoms with Gasteiger partial charge in [0.2, 0.25) is 0 Å². The summed E-state index contributed by atoms with van der Waals surface area (Å²) in [7, 11) is -4.05. The first kappa shape index (κ1) is 22.3. The third-order valence-electron chi connectivity index (χ3n) is 3.55. The van der Waals surface area contributed by atoms with Gasteiger partial charge < -0.3 is 20.0 Å². The van der Waals surface area contributed by atoms with Crippen LogP contribution in [-0.2, 0) is 10.0 Å². The Balaban J connectivity index is 2.49. The second-order valence-electron chi connectivity index (χ2n) is 6.87. The molecule has 12 heteroatoms. The molecule has 2 rings (SSSR count). The first-order valence-electron chi connectivity index (χ1n) is 8.03. The minimum atomic E-state index is -4.05. The molecule has 0 aliphatic carbocycles. The Morgan fingerprint density at radius 1 is 1.43 bits per heavy atom. The number of hydrogen-bond acceptors (Lipinski definition) is 8. The van der Waals surface area contributed by atoms with E-state index in [0.717, 1.165) is 11.3 Å². The predicted molar refractivity (Wildman–Crippen MR) is 114 cm³/mol. The Hall–Kier alpha value is -2.02. The number of rotatable bonds is 5. The van der Waals surface area contributed by atoms with E-state index in [2.05, 4.69) is 14.7 Å². The quantitative estimate of drug-likeness (QED) is 0.313. The monoisotopic (exact) mass is 445 g/mol. The number of aliphatic imine (C=N–C) groups is 2. The van der Waals surface area contributed by atoms with E-state index < -0.39 is 15.8 Å². The van der Waals surface area contributed by atoms with Crippen LogP contribution < -0.4 is 15.6 Å². The Morgan fingerprint density at radius 3 is 2.57 bits per heavy atom. The highest BCUT2D eigenvalue weighted by Crippen LogP contribution is 2.39. The minimum absolute atomic E-state index is 0.00700. The summed E-state index contributed by atoms with van der Waals surface area (Å²) in [5.74, 6) is 0.365. The molecule has 6 N–H and O–H groups in total. The third kappa shape index (κ3) is 5.28. The number of nitrogens with one attached hydrogen (secondary N) is 1. The number of sulfonamides is 1. The molecule has 0 amide bonds. The molecule has 0 radical (unpaired) electrons. The van der Waals surface area contributed by atoms with Crippen molar-refractivity contribution in [2.75, 3.05) is 6.26 Å². The number of thiophene rings is 1. The van der Waals surface area contributed by atoms with Crippen molar-refractivity contribution >= 4 is 50.7 Å². The van der Waals surface area contributed by atoms with Crippen molar-refractivity contribution < 1.29 is 17.9 Å². The van der Waals surface area contributed by atoms with Crippen molar-refractivity contribution in [2.45, 2.75) is 31.0 Å². The van der Waals surface area contributed by atoms with Gasteiger partial charge in [-0.3, -0.25) is 4.99 Å². The molecule has 0 aliphatic rings. The van der Waals surface area contributed by atoms with Crippen LogP contribution in [-0.4, -0.2) is 31.5 Å². The van der Waals surface area contributed by atoms with Gasteiger partial charge in [-0.25, -0.2) is 18.5 Å². The maximum absolute atomic E-state index is 11.5. The topological polar surface area (TPSA) is 156 Å². The number of nitrogens with two attached hydrogens (primary N) is 2. The van der Waals surface area contributed by atoms with Crippen molar-refractivity contribution in [3.05, 3.63) is 29.5 Å².